The third kappa shape index (κ3) is 2.81. The molecular formula is C18H17N3O2. The Labute approximate surface area is 133 Å². The van der Waals surface area contributed by atoms with Crippen LogP contribution in [0.2, 0.25) is 0 Å². The number of aryl methyl sites for hydroxylation is 1. The van der Waals surface area contributed by atoms with Crippen LogP contribution >= 0.6 is 0 Å². The summed E-state index contributed by atoms with van der Waals surface area (Å²) in [6.07, 6.45) is 1.77. The Morgan fingerprint density at radius 3 is 2.78 bits per heavy atom. The second kappa shape index (κ2) is 5.96. The quantitative estimate of drug-likeness (QED) is 0.571. The monoisotopic (exact) mass is 307 g/mol. The van der Waals surface area contributed by atoms with Crippen molar-refractivity contribution in [3.63, 3.8) is 0 Å². The molecular weight excluding hydrogens is 290 g/mol. The highest BCUT2D eigenvalue weighted by Crippen LogP contribution is 2.23. The van der Waals surface area contributed by atoms with Crippen molar-refractivity contribution >= 4 is 28.8 Å². The SMILES string of the molecule is Cc1c(/C=N/Nc2cccc(C(=O)O)c2)c2ccccc2n1C. The van der Waals surface area contributed by atoms with Gasteiger partial charge in [-0.05, 0) is 31.2 Å². The molecule has 23 heavy (non-hydrogen) atoms. The fourth-order valence-corrected chi connectivity index (χ4v) is 2.61. The highest BCUT2D eigenvalue weighted by molar-refractivity contribution is 6.01. The minimum Gasteiger partial charge on any atom is -0.478 e. The van der Waals surface area contributed by atoms with Gasteiger partial charge in [0.1, 0.15) is 0 Å². The standard InChI is InChI=1S/C18H17N3O2/c1-12-16(15-8-3-4-9-17(15)21(12)2)11-19-20-14-7-5-6-13(10-14)18(22)23/h3-11,20H,1-2H3,(H,22,23)/b19-11+. The zero-order chi connectivity index (χ0) is 16.4. The maximum Gasteiger partial charge on any atom is 0.335 e. The number of aromatic nitrogens is 1. The summed E-state index contributed by atoms with van der Waals surface area (Å²) in [5.41, 5.74) is 7.07. The number of para-hydroxylation sites is 1. The van der Waals surface area contributed by atoms with Crippen molar-refractivity contribution in [1.82, 2.24) is 4.57 Å². The first-order chi connectivity index (χ1) is 11.1. The van der Waals surface area contributed by atoms with Crippen LogP contribution in [-0.2, 0) is 7.05 Å². The number of carboxylic acids is 1. The molecule has 0 saturated carbocycles. The zero-order valence-corrected chi connectivity index (χ0v) is 12.9. The lowest BCUT2D eigenvalue weighted by atomic mass is 10.1. The minimum atomic E-state index is -0.956. The summed E-state index contributed by atoms with van der Waals surface area (Å²) in [7, 11) is 2.03. The average molecular weight is 307 g/mol. The molecule has 0 spiro atoms. The Kier molecular flexibility index (Phi) is 3.85. The van der Waals surface area contributed by atoms with Gasteiger partial charge in [0.05, 0.1) is 17.5 Å². The average Bonchev–Trinajstić information content (AvgIpc) is 2.80. The molecule has 0 radical (unpaired) electrons. The summed E-state index contributed by atoms with van der Waals surface area (Å²) >= 11 is 0. The molecule has 3 aromatic rings. The fraction of sp³-hybridized carbons (Fsp3) is 0.111. The van der Waals surface area contributed by atoms with Crippen molar-refractivity contribution in [2.75, 3.05) is 5.43 Å². The van der Waals surface area contributed by atoms with E-state index in [4.69, 9.17) is 5.11 Å². The molecule has 2 aromatic carbocycles. The van der Waals surface area contributed by atoms with E-state index in [1.165, 1.54) is 0 Å². The number of nitrogens with one attached hydrogen (secondary N) is 1. The van der Waals surface area contributed by atoms with Gasteiger partial charge in [0.2, 0.25) is 0 Å². The van der Waals surface area contributed by atoms with Gasteiger partial charge in [-0.25, -0.2) is 4.79 Å². The van der Waals surface area contributed by atoms with Gasteiger partial charge in [-0.2, -0.15) is 5.10 Å². The third-order valence-electron chi connectivity index (χ3n) is 3.95. The van der Waals surface area contributed by atoms with Crippen LogP contribution in [0.4, 0.5) is 5.69 Å². The number of anilines is 1. The Bertz CT molecular complexity index is 910. The molecule has 0 unspecified atom stereocenters. The number of rotatable bonds is 4. The number of hydrazone groups is 1. The van der Waals surface area contributed by atoms with E-state index >= 15 is 0 Å². The molecule has 0 saturated heterocycles. The molecule has 1 aromatic heterocycles. The first-order valence-corrected chi connectivity index (χ1v) is 7.24. The van der Waals surface area contributed by atoms with E-state index in [0.29, 0.717) is 5.69 Å². The van der Waals surface area contributed by atoms with Crippen LogP contribution < -0.4 is 5.43 Å². The van der Waals surface area contributed by atoms with Gasteiger partial charge in [0.15, 0.2) is 0 Å². The lowest BCUT2D eigenvalue weighted by molar-refractivity contribution is 0.0697. The Morgan fingerprint density at radius 1 is 1.22 bits per heavy atom. The van der Waals surface area contributed by atoms with Gasteiger partial charge in [0.25, 0.3) is 0 Å². The van der Waals surface area contributed by atoms with Crippen LogP contribution in [0.3, 0.4) is 0 Å². The molecule has 5 heteroatoms. The molecule has 3 rings (SSSR count). The lowest BCUT2D eigenvalue weighted by Crippen LogP contribution is -1.98. The van der Waals surface area contributed by atoms with E-state index in [2.05, 4.69) is 27.2 Å². The maximum atomic E-state index is 11.0. The van der Waals surface area contributed by atoms with E-state index in [1.54, 1.807) is 30.5 Å². The Morgan fingerprint density at radius 2 is 2.00 bits per heavy atom. The van der Waals surface area contributed by atoms with Gasteiger partial charge in [-0.1, -0.05) is 24.3 Å². The molecule has 0 amide bonds. The number of aromatic carboxylic acids is 1. The van der Waals surface area contributed by atoms with Crippen molar-refractivity contribution in [3.8, 4) is 0 Å². The molecule has 1 heterocycles. The van der Waals surface area contributed by atoms with Crippen LogP contribution in [0.1, 0.15) is 21.6 Å². The van der Waals surface area contributed by atoms with Gasteiger partial charge < -0.3 is 9.67 Å². The maximum absolute atomic E-state index is 11.0. The van der Waals surface area contributed by atoms with Crippen molar-refractivity contribution in [2.24, 2.45) is 12.1 Å². The van der Waals surface area contributed by atoms with Gasteiger partial charge >= 0.3 is 5.97 Å². The van der Waals surface area contributed by atoms with Crippen molar-refractivity contribution in [1.29, 1.82) is 0 Å². The lowest BCUT2D eigenvalue weighted by Gasteiger charge is -2.01. The molecule has 0 aliphatic carbocycles. The topological polar surface area (TPSA) is 66.6 Å². The summed E-state index contributed by atoms with van der Waals surface area (Å²) in [5.74, 6) is -0.956. The van der Waals surface area contributed by atoms with Crippen LogP contribution in [0.15, 0.2) is 53.6 Å². The molecule has 2 N–H and O–H groups in total. The van der Waals surface area contributed by atoms with Gasteiger partial charge in [-0.3, -0.25) is 5.43 Å². The molecule has 0 bridgehead atoms. The number of carbonyl (C=O) groups is 1. The van der Waals surface area contributed by atoms with E-state index in [1.807, 2.05) is 26.1 Å². The van der Waals surface area contributed by atoms with Crippen LogP contribution in [0.5, 0.6) is 0 Å². The normalized spacial score (nSPS) is 11.2. The highest BCUT2D eigenvalue weighted by Gasteiger charge is 2.09. The predicted octanol–water partition coefficient (Wildman–Crippen LogP) is 3.63. The van der Waals surface area contributed by atoms with E-state index < -0.39 is 5.97 Å². The van der Waals surface area contributed by atoms with Crippen molar-refractivity contribution in [2.45, 2.75) is 6.92 Å². The third-order valence-corrected chi connectivity index (χ3v) is 3.95. The van der Waals surface area contributed by atoms with Gasteiger partial charge in [0, 0.05) is 29.2 Å². The first-order valence-electron chi connectivity index (χ1n) is 7.24. The van der Waals surface area contributed by atoms with Crippen molar-refractivity contribution in [3.05, 3.63) is 65.4 Å². The van der Waals surface area contributed by atoms with Crippen LogP contribution in [-0.4, -0.2) is 21.9 Å². The van der Waals surface area contributed by atoms with Crippen LogP contribution in [0, 0.1) is 6.92 Å². The number of benzene rings is 2. The number of hydrogen-bond acceptors (Lipinski definition) is 3. The zero-order valence-electron chi connectivity index (χ0n) is 12.9. The summed E-state index contributed by atoms with van der Waals surface area (Å²) in [6.45, 7) is 2.05. The van der Waals surface area contributed by atoms with Crippen LogP contribution in [0.25, 0.3) is 10.9 Å². The fourth-order valence-electron chi connectivity index (χ4n) is 2.61. The van der Waals surface area contributed by atoms with E-state index in [-0.39, 0.29) is 5.56 Å². The largest absolute Gasteiger partial charge is 0.478 e. The number of carboxylic acid groups (broad SMARTS) is 1. The summed E-state index contributed by atoms with van der Waals surface area (Å²) in [4.78, 5) is 11.0. The Hall–Kier alpha value is -3.08. The first kappa shape index (κ1) is 14.8. The molecule has 116 valence electrons. The number of nitrogens with zero attached hydrogens (tertiary/aromatic N) is 2. The molecule has 0 fully saturated rings. The predicted molar refractivity (Wildman–Crippen MR) is 92.3 cm³/mol. The summed E-state index contributed by atoms with van der Waals surface area (Å²) in [5, 5.41) is 14.4. The van der Waals surface area contributed by atoms with E-state index in [0.717, 1.165) is 22.2 Å². The highest BCUT2D eigenvalue weighted by atomic mass is 16.4. The molecule has 0 aliphatic heterocycles. The second-order valence-corrected chi connectivity index (χ2v) is 5.33. The summed E-state index contributed by atoms with van der Waals surface area (Å²) in [6, 6.07) is 14.7. The van der Waals surface area contributed by atoms with E-state index in [9.17, 15) is 4.79 Å². The molecule has 0 aliphatic rings. The number of fused-ring (bicyclic) bond motifs is 1. The smallest absolute Gasteiger partial charge is 0.335 e. The number of hydrogen-bond donors (Lipinski definition) is 2. The molecule has 0 atom stereocenters. The van der Waals surface area contributed by atoms with Crippen molar-refractivity contribution < 1.29 is 9.90 Å². The second-order valence-electron chi connectivity index (χ2n) is 5.33. The Balaban J connectivity index is 1.88. The molecule has 5 nitrogen and oxygen atoms in total. The summed E-state index contributed by atoms with van der Waals surface area (Å²) < 4.78 is 2.13. The minimum absolute atomic E-state index is 0.228. The van der Waals surface area contributed by atoms with Gasteiger partial charge in [-0.15, -0.1) is 0 Å².